The first-order valence-corrected chi connectivity index (χ1v) is 8.23. The maximum Gasteiger partial charge on any atom is 0.261 e. The molecule has 0 aliphatic rings. The molecule has 124 valence electrons. The van der Waals surface area contributed by atoms with Gasteiger partial charge in [0.2, 0.25) is 0 Å². The number of thiophene rings is 1. The Kier molecular flexibility index (Phi) is 7.19. The van der Waals surface area contributed by atoms with Crippen LogP contribution in [0, 0.1) is 5.82 Å². The molecular formula is C17H20FNO3S. The van der Waals surface area contributed by atoms with E-state index in [1.807, 2.05) is 6.07 Å². The minimum Gasteiger partial charge on any atom is -0.382 e. The first kappa shape index (κ1) is 17.6. The minimum atomic E-state index is -0.268. The van der Waals surface area contributed by atoms with Crippen molar-refractivity contribution in [1.82, 2.24) is 5.32 Å². The SMILES string of the molecule is COCCOCCCNC(=O)c1ccc(-c2ccc(F)cc2)s1. The lowest BCUT2D eigenvalue weighted by molar-refractivity contribution is 0.0688. The van der Waals surface area contributed by atoms with Crippen molar-refractivity contribution >= 4 is 17.2 Å². The van der Waals surface area contributed by atoms with E-state index in [4.69, 9.17) is 9.47 Å². The second kappa shape index (κ2) is 9.39. The number of rotatable bonds is 9. The van der Waals surface area contributed by atoms with Gasteiger partial charge in [0, 0.05) is 25.1 Å². The van der Waals surface area contributed by atoms with Crippen molar-refractivity contribution in [3.05, 3.63) is 47.1 Å². The highest BCUT2D eigenvalue weighted by atomic mass is 32.1. The summed E-state index contributed by atoms with van der Waals surface area (Å²) >= 11 is 1.39. The van der Waals surface area contributed by atoms with Crippen molar-refractivity contribution in [2.45, 2.75) is 6.42 Å². The molecule has 0 aliphatic heterocycles. The number of hydrogen-bond acceptors (Lipinski definition) is 4. The fraction of sp³-hybridized carbons (Fsp3) is 0.353. The summed E-state index contributed by atoms with van der Waals surface area (Å²) in [5, 5.41) is 2.86. The van der Waals surface area contributed by atoms with E-state index in [9.17, 15) is 9.18 Å². The summed E-state index contributed by atoms with van der Waals surface area (Å²) < 4.78 is 23.1. The highest BCUT2D eigenvalue weighted by Crippen LogP contribution is 2.28. The van der Waals surface area contributed by atoms with Crippen molar-refractivity contribution in [3.8, 4) is 10.4 Å². The summed E-state index contributed by atoms with van der Waals surface area (Å²) in [5.74, 6) is -0.365. The Morgan fingerprint density at radius 1 is 1.13 bits per heavy atom. The molecule has 0 spiro atoms. The summed E-state index contributed by atoms with van der Waals surface area (Å²) in [5.41, 5.74) is 0.905. The summed E-state index contributed by atoms with van der Waals surface area (Å²) in [4.78, 5) is 13.6. The first-order chi connectivity index (χ1) is 11.2. The third kappa shape index (κ3) is 5.74. The molecule has 0 aliphatic carbocycles. The monoisotopic (exact) mass is 337 g/mol. The third-order valence-electron chi connectivity index (χ3n) is 3.14. The van der Waals surface area contributed by atoms with E-state index in [-0.39, 0.29) is 11.7 Å². The van der Waals surface area contributed by atoms with Crippen LogP contribution in [-0.2, 0) is 9.47 Å². The predicted molar refractivity (Wildman–Crippen MR) is 89.4 cm³/mol. The number of carbonyl (C=O) groups excluding carboxylic acids is 1. The number of hydrogen-bond donors (Lipinski definition) is 1. The van der Waals surface area contributed by atoms with Gasteiger partial charge in [-0.2, -0.15) is 0 Å². The second-order valence-corrected chi connectivity index (χ2v) is 5.97. The molecular weight excluding hydrogens is 317 g/mol. The van der Waals surface area contributed by atoms with Gasteiger partial charge in [-0.1, -0.05) is 12.1 Å². The Hall–Kier alpha value is -1.76. The maximum atomic E-state index is 12.9. The normalized spacial score (nSPS) is 10.7. The van der Waals surface area contributed by atoms with Gasteiger partial charge in [-0.25, -0.2) is 4.39 Å². The number of benzene rings is 1. The molecule has 6 heteroatoms. The number of ether oxygens (including phenoxy) is 2. The fourth-order valence-electron chi connectivity index (χ4n) is 1.94. The molecule has 0 atom stereocenters. The summed E-state index contributed by atoms with van der Waals surface area (Å²) in [6.07, 6.45) is 0.756. The Bertz CT molecular complexity index is 613. The Morgan fingerprint density at radius 3 is 2.65 bits per heavy atom. The Balaban J connectivity index is 1.76. The zero-order valence-electron chi connectivity index (χ0n) is 13.0. The number of nitrogens with one attached hydrogen (secondary N) is 1. The van der Waals surface area contributed by atoms with Gasteiger partial charge in [-0.15, -0.1) is 11.3 Å². The highest BCUT2D eigenvalue weighted by molar-refractivity contribution is 7.17. The fourth-order valence-corrected chi connectivity index (χ4v) is 2.86. The van der Waals surface area contributed by atoms with Crippen molar-refractivity contribution in [2.24, 2.45) is 0 Å². The summed E-state index contributed by atoms with van der Waals surface area (Å²) in [6.45, 7) is 2.30. The van der Waals surface area contributed by atoms with Crippen molar-refractivity contribution in [2.75, 3.05) is 33.5 Å². The van der Waals surface area contributed by atoms with Crippen LogP contribution in [0.2, 0.25) is 0 Å². The molecule has 2 aromatic rings. The number of carbonyl (C=O) groups is 1. The van der Waals surface area contributed by atoms with Gasteiger partial charge in [0.15, 0.2) is 0 Å². The van der Waals surface area contributed by atoms with Crippen LogP contribution in [0.3, 0.4) is 0 Å². The van der Waals surface area contributed by atoms with Crippen molar-refractivity contribution < 1.29 is 18.7 Å². The second-order valence-electron chi connectivity index (χ2n) is 4.89. The van der Waals surface area contributed by atoms with Crippen LogP contribution in [0.1, 0.15) is 16.1 Å². The molecule has 1 heterocycles. The zero-order chi connectivity index (χ0) is 16.5. The molecule has 1 aromatic carbocycles. The lowest BCUT2D eigenvalue weighted by Gasteiger charge is -2.05. The standard InChI is InChI=1S/C17H20FNO3S/c1-21-11-12-22-10-2-9-19-17(20)16-8-7-15(23-16)13-3-5-14(18)6-4-13/h3-8H,2,9-12H2,1H3,(H,19,20). The molecule has 1 amide bonds. The molecule has 0 radical (unpaired) electrons. The van der Waals surface area contributed by atoms with Gasteiger partial charge >= 0.3 is 0 Å². The van der Waals surface area contributed by atoms with Crippen LogP contribution in [-0.4, -0.2) is 39.4 Å². The smallest absolute Gasteiger partial charge is 0.261 e. The van der Waals surface area contributed by atoms with Crippen molar-refractivity contribution in [3.63, 3.8) is 0 Å². The average molecular weight is 337 g/mol. The number of methoxy groups -OCH3 is 1. The van der Waals surface area contributed by atoms with Crippen molar-refractivity contribution in [1.29, 1.82) is 0 Å². The van der Waals surface area contributed by atoms with Gasteiger partial charge in [-0.05, 0) is 36.2 Å². The van der Waals surface area contributed by atoms with Crippen LogP contribution in [0.5, 0.6) is 0 Å². The lowest BCUT2D eigenvalue weighted by atomic mass is 10.2. The largest absolute Gasteiger partial charge is 0.382 e. The first-order valence-electron chi connectivity index (χ1n) is 7.41. The van der Waals surface area contributed by atoms with E-state index in [1.165, 1.54) is 23.5 Å². The molecule has 0 fully saturated rings. The Morgan fingerprint density at radius 2 is 1.91 bits per heavy atom. The average Bonchev–Trinajstić information content (AvgIpc) is 3.04. The third-order valence-corrected chi connectivity index (χ3v) is 4.27. The van der Waals surface area contributed by atoms with Gasteiger partial charge < -0.3 is 14.8 Å². The molecule has 23 heavy (non-hydrogen) atoms. The zero-order valence-corrected chi connectivity index (χ0v) is 13.8. The molecule has 2 rings (SSSR count). The van der Waals surface area contributed by atoms with E-state index in [2.05, 4.69) is 5.32 Å². The van der Waals surface area contributed by atoms with E-state index in [0.717, 1.165) is 16.9 Å². The molecule has 1 N–H and O–H groups in total. The van der Waals surface area contributed by atoms with Gasteiger partial charge in [-0.3, -0.25) is 4.79 Å². The Labute approximate surface area is 139 Å². The van der Waals surface area contributed by atoms with Gasteiger partial charge in [0.1, 0.15) is 5.82 Å². The highest BCUT2D eigenvalue weighted by Gasteiger charge is 2.09. The molecule has 0 bridgehead atoms. The lowest BCUT2D eigenvalue weighted by Crippen LogP contribution is -2.24. The molecule has 4 nitrogen and oxygen atoms in total. The van der Waals surface area contributed by atoms with Crippen LogP contribution in [0.25, 0.3) is 10.4 Å². The summed E-state index contributed by atoms with van der Waals surface area (Å²) in [7, 11) is 1.63. The molecule has 0 saturated carbocycles. The van der Waals surface area contributed by atoms with Crippen LogP contribution in [0.4, 0.5) is 4.39 Å². The van der Waals surface area contributed by atoms with Crippen LogP contribution >= 0.6 is 11.3 Å². The predicted octanol–water partition coefficient (Wildman–Crippen LogP) is 3.34. The van der Waals surface area contributed by atoms with Crippen LogP contribution in [0.15, 0.2) is 36.4 Å². The maximum absolute atomic E-state index is 12.9. The topological polar surface area (TPSA) is 47.6 Å². The quantitative estimate of drug-likeness (QED) is 0.714. The van der Waals surface area contributed by atoms with E-state index >= 15 is 0 Å². The van der Waals surface area contributed by atoms with E-state index in [1.54, 1.807) is 25.3 Å². The summed E-state index contributed by atoms with van der Waals surface area (Å²) in [6, 6.07) is 9.91. The molecule has 0 saturated heterocycles. The molecule has 1 aromatic heterocycles. The minimum absolute atomic E-state index is 0.0970. The number of halogens is 1. The van der Waals surface area contributed by atoms with E-state index in [0.29, 0.717) is 31.2 Å². The number of amides is 1. The molecule has 0 unspecified atom stereocenters. The van der Waals surface area contributed by atoms with Crippen LogP contribution < -0.4 is 5.32 Å². The van der Waals surface area contributed by atoms with E-state index < -0.39 is 0 Å². The van der Waals surface area contributed by atoms with Gasteiger partial charge in [0.05, 0.1) is 18.1 Å². The van der Waals surface area contributed by atoms with Gasteiger partial charge in [0.25, 0.3) is 5.91 Å².